The van der Waals surface area contributed by atoms with Gasteiger partial charge in [-0.05, 0) is 87.6 Å². The monoisotopic (exact) mass is 1010 g/mol. The number of aliphatic hydroxyl groups excluding tert-OH is 1. The van der Waals surface area contributed by atoms with Crippen LogP contribution in [0, 0.1) is 5.92 Å². The van der Waals surface area contributed by atoms with E-state index in [1.165, 1.54) is 26.1 Å². The minimum atomic E-state index is -1.79. The first-order valence-electron chi connectivity index (χ1n) is 25.0. The molecule has 21 nitrogen and oxygen atoms in total. The number of likely N-dealkylation sites (N-methyl/N-ethyl adjacent to an activating group) is 1. The standard InChI is InChI=1S/C51H74N8O13/c1-6-8-10-18-40(61)53-36(24-26-42(63)64)46(66)57-44-31(4)72-51(71)43(30(3)7-2)56-47(67)38(28-33-19-21-34(60)22-20-33)58(5)50(70)39(29-32-15-11-9-12-16-32)59-41(62)25-23-37(49(59)69)55-45(65)35(54-48(44)68)17-13-14-27-52/h9,11-12,15-16,19-22,30-31,35-39,41,43-44,60,62H,6-8,10,13-14,17-18,23-29,52H2,1-5H3,(H,53,61)(H,54,68)(H,55,65)(H,56,67)(H,57,66)(H,63,64)/t30-,31+,35+,36-,37+,38-,39+,41+,43+,44+/m0/s1. The molecule has 0 unspecified atom stereocenters. The number of carbonyl (C=O) groups excluding carboxylic acids is 8. The number of amides is 7. The van der Waals surface area contributed by atoms with Crippen molar-refractivity contribution < 1.29 is 63.2 Å². The number of nitrogens with two attached hydrogens (primary N) is 1. The first kappa shape index (κ1) is 58.0. The summed E-state index contributed by atoms with van der Waals surface area (Å²) in [6.45, 7) is 6.90. The molecular formula is C51H74N8O13. The number of ether oxygens (including phenoxy) is 1. The van der Waals surface area contributed by atoms with Crippen LogP contribution in [0.4, 0.5) is 0 Å². The largest absolute Gasteiger partial charge is 0.508 e. The molecule has 0 aromatic heterocycles. The highest BCUT2D eigenvalue weighted by molar-refractivity contribution is 5.98. The summed E-state index contributed by atoms with van der Waals surface area (Å²) in [5, 5.41) is 44.4. The van der Waals surface area contributed by atoms with Gasteiger partial charge in [0, 0.05) is 32.7 Å². The van der Waals surface area contributed by atoms with Gasteiger partial charge >= 0.3 is 11.9 Å². The number of hydrogen-bond acceptors (Lipinski definition) is 13. The molecule has 72 heavy (non-hydrogen) atoms. The molecule has 2 saturated heterocycles. The highest BCUT2D eigenvalue weighted by Crippen LogP contribution is 2.26. The van der Waals surface area contributed by atoms with Gasteiger partial charge in [0.2, 0.25) is 41.4 Å². The van der Waals surface area contributed by atoms with Crippen LogP contribution in [-0.4, -0.2) is 147 Å². The average molecular weight is 1010 g/mol. The molecule has 2 aliphatic rings. The Bertz CT molecular complexity index is 2180. The lowest BCUT2D eigenvalue weighted by molar-refractivity contribution is -0.165. The molecular weight excluding hydrogens is 933 g/mol. The van der Waals surface area contributed by atoms with Crippen molar-refractivity contribution in [3.05, 3.63) is 65.7 Å². The number of esters is 1. The molecule has 2 fully saturated rings. The van der Waals surface area contributed by atoms with E-state index in [4.69, 9.17) is 10.5 Å². The molecule has 10 N–H and O–H groups in total. The lowest BCUT2D eigenvalue weighted by atomic mass is 9.95. The third-order valence-electron chi connectivity index (χ3n) is 13.3. The van der Waals surface area contributed by atoms with Crippen LogP contribution in [0.25, 0.3) is 0 Å². The van der Waals surface area contributed by atoms with E-state index in [9.17, 15) is 53.7 Å². The van der Waals surface area contributed by atoms with Gasteiger partial charge in [-0.3, -0.25) is 38.4 Å². The first-order valence-corrected chi connectivity index (χ1v) is 25.0. The molecule has 0 saturated carbocycles. The van der Waals surface area contributed by atoms with E-state index >= 15 is 4.79 Å². The zero-order valence-electron chi connectivity index (χ0n) is 42.0. The lowest BCUT2D eigenvalue weighted by Crippen LogP contribution is -2.65. The topological polar surface area (TPSA) is 316 Å². The Labute approximate surface area is 420 Å². The smallest absolute Gasteiger partial charge is 0.329 e. The van der Waals surface area contributed by atoms with Gasteiger partial charge in [-0.2, -0.15) is 0 Å². The van der Waals surface area contributed by atoms with Gasteiger partial charge in [0.15, 0.2) is 0 Å². The molecule has 4 rings (SSSR count). The molecule has 2 aromatic rings. The van der Waals surface area contributed by atoms with Crippen molar-refractivity contribution in [3.8, 4) is 5.75 Å². The van der Waals surface area contributed by atoms with Gasteiger partial charge < -0.3 is 62.2 Å². The molecule has 0 radical (unpaired) electrons. The fourth-order valence-corrected chi connectivity index (χ4v) is 8.72. The Kier molecular flexibility index (Phi) is 22.9. The van der Waals surface area contributed by atoms with Crippen molar-refractivity contribution in [1.29, 1.82) is 0 Å². The van der Waals surface area contributed by atoms with Gasteiger partial charge in [-0.1, -0.05) is 82.5 Å². The number of nitrogens with zero attached hydrogens (tertiary/aromatic N) is 2. The molecule has 0 spiro atoms. The summed E-state index contributed by atoms with van der Waals surface area (Å²) in [5.74, 6) is -8.75. The molecule has 2 heterocycles. The predicted molar refractivity (Wildman–Crippen MR) is 263 cm³/mol. The first-order chi connectivity index (χ1) is 34.3. The van der Waals surface area contributed by atoms with Crippen LogP contribution >= 0.6 is 0 Å². The van der Waals surface area contributed by atoms with E-state index in [0.717, 1.165) is 22.6 Å². The average Bonchev–Trinajstić information content (AvgIpc) is 3.35. The van der Waals surface area contributed by atoms with E-state index in [1.54, 1.807) is 56.3 Å². The number of cyclic esters (lactones) is 1. The highest BCUT2D eigenvalue weighted by Gasteiger charge is 2.46. The number of benzene rings is 2. The summed E-state index contributed by atoms with van der Waals surface area (Å²) in [7, 11) is 1.36. The van der Waals surface area contributed by atoms with E-state index in [2.05, 4.69) is 26.6 Å². The van der Waals surface area contributed by atoms with Crippen LogP contribution in [0.15, 0.2) is 54.6 Å². The maximum absolute atomic E-state index is 15.1. The Hall–Kier alpha value is -6.61. The van der Waals surface area contributed by atoms with E-state index < -0.39 is 120 Å². The fourth-order valence-electron chi connectivity index (χ4n) is 8.72. The third kappa shape index (κ3) is 16.7. The molecule has 2 aromatic carbocycles. The summed E-state index contributed by atoms with van der Waals surface area (Å²) in [6, 6.07) is 4.42. The van der Waals surface area contributed by atoms with E-state index in [-0.39, 0.29) is 57.2 Å². The molecule has 10 atom stereocenters. The summed E-state index contributed by atoms with van der Waals surface area (Å²) in [5.41, 5.74) is 6.90. The number of carboxylic acid groups (broad SMARTS) is 1. The van der Waals surface area contributed by atoms with E-state index in [1.807, 2.05) is 6.92 Å². The predicted octanol–water partition coefficient (Wildman–Crippen LogP) is 1.30. The minimum absolute atomic E-state index is 0.0175. The normalized spacial score (nSPS) is 24.5. The third-order valence-corrected chi connectivity index (χ3v) is 13.3. The van der Waals surface area contributed by atoms with Gasteiger partial charge in [-0.25, -0.2) is 4.79 Å². The van der Waals surface area contributed by atoms with Crippen molar-refractivity contribution in [2.24, 2.45) is 11.7 Å². The number of aliphatic carboxylic acids is 1. The Morgan fingerprint density at radius 1 is 0.819 bits per heavy atom. The number of rotatable bonds is 20. The van der Waals surface area contributed by atoms with Gasteiger partial charge in [-0.15, -0.1) is 0 Å². The molecule has 0 aliphatic carbocycles. The quantitative estimate of drug-likeness (QED) is 0.0668. The van der Waals surface area contributed by atoms with Gasteiger partial charge in [0.1, 0.15) is 60.4 Å². The van der Waals surface area contributed by atoms with Crippen LogP contribution in [0.3, 0.4) is 0 Å². The summed E-state index contributed by atoms with van der Waals surface area (Å²) >= 11 is 0. The van der Waals surface area contributed by atoms with Gasteiger partial charge in [0.05, 0.1) is 0 Å². The maximum Gasteiger partial charge on any atom is 0.329 e. The number of hydrogen-bond donors (Lipinski definition) is 9. The molecule has 2 aliphatic heterocycles. The number of carbonyl (C=O) groups is 9. The lowest BCUT2D eigenvalue weighted by Gasteiger charge is -2.43. The maximum atomic E-state index is 15.1. The van der Waals surface area contributed by atoms with Crippen LogP contribution in [0.5, 0.6) is 5.75 Å². The van der Waals surface area contributed by atoms with Crippen molar-refractivity contribution in [2.75, 3.05) is 13.6 Å². The van der Waals surface area contributed by atoms with Crippen molar-refractivity contribution in [3.63, 3.8) is 0 Å². The summed E-state index contributed by atoms with van der Waals surface area (Å²) in [6.07, 6.45) is -1.30. The van der Waals surface area contributed by atoms with Crippen LogP contribution in [0.2, 0.25) is 0 Å². The zero-order chi connectivity index (χ0) is 53.1. The Morgan fingerprint density at radius 2 is 1.49 bits per heavy atom. The van der Waals surface area contributed by atoms with Crippen LogP contribution < -0.4 is 32.3 Å². The number of unbranched alkanes of at least 4 members (excludes halogenated alkanes) is 3. The van der Waals surface area contributed by atoms with Crippen LogP contribution in [0.1, 0.15) is 116 Å². The molecule has 21 heteroatoms. The fraction of sp³-hybridized carbons (Fsp3) is 0.588. The summed E-state index contributed by atoms with van der Waals surface area (Å²) < 4.78 is 5.93. The number of aromatic hydroxyl groups is 1. The number of fused-ring (bicyclic) bond motifs is 2. The van der Waals surface area contributed by atoms with Crippen molar-refractivity contribution in [1.82, 2.24) is 36.4 Å². The molecule has 396 valence electrons. The van der Waals surface area contributed by atoms with Gasteiger partial charge in [0.25, 0.3) is 0 Å². The Morgan fingerprint density at radius 3 is 2.12 bits per heavy atom. The minimum Gasteiger partial charge on any atom is -0.508 e. The summed E-state index contributed by atoms with van der Waals surface area (Å²) in [4.78, 5) is 129. The van der Waals surface area contributed by atoms with E-state index in [0.29, 0.717) is 36.8 Å². The number of phenolic OH excluding ortho intramolecular Hbond substituents is 1. The number of phenols is 1. The van der Waals surface area contributed by atoms with Crippen LogP contribution in [-0.2, 0) is 60.7 Å². The van der Waals surface area contributed by atoms with Crippen molar-refractivity contribution in [2.45, 2.75) is 172 Å². The number of piperidine rings is 1. The number of carboxylic acids is 1. The highest BCUT2D eigenvalue weighted by atomic mass is 16.5. The SMILES string of the molecule is CCCCCC(=O)N[C@@H](CCC(=O)O)C(=O)N[C@H]1C(=O)N[C@H](CCCCN)C(=O)N[C@@H]2CC[C@@H](O)N(C2=O)[C@H](Cc2ccccc2)C(=O)N(C)[C@@H](Cc2ccc(O)cc2)C(=O)N[C@H]([C@@H](C)CC)C(=O)O[C@@H]1C. The second-order valence-corrected chi connectivity index (χ2v) is 18.8. The second kappa shape index (κ2) is 28.4. The zero-order valence-corrected chi connectivity index (χ0v) is 42.0. The second-order valence-electron chi connectivity index (χ2n) is 18.8. The molecule has 7 amide bonds. The number of aliphatic hydroxyl groups is 1. The number of nitrogens with one attached hydrogen (secondary N) is 5. The Balaban J connectivity index is 1.88. The molecule has 2 bridgehead atoms. The van der Waals surface area contributed by atoms with Crippen molar-refractivity contribution >= 4 is 53.3 Å².